The number of fused-ring (bicyclic) bond motifs is 1. The Balaban J connectivity index is 1.56. The Morgan fingerprint density at radius 1 is 1.10 bits per heavy atom. The normalized spacial score (nSPS) is 14.2. The molecule has 156 valence electrons. The molecular weight excluding hydrogens is 406 g/mol. The Morgan fingerprint density at radius 3 is 2.53 bits per heavy atom. The van der Waals surface area contributed by atoms with Gasteiger partial charge in [-0.3, -0.25) is 9.59 Å². The Kier molecular flexibility index (Phi) is 5.55. The molecule has 2 aromatic carbocycles. The number of aliphatic carboxylic acids is 1. The quantitative estimate of drug-likeness (QED) is 0.675. The number of benzene rings is 2. The van der Waals surface area contributed by atoms with Crippen LogP contribution in [0.5, 0.6) is 5.75 Å². The third-order valence-corrected chi connectivity index (χ3v) is 5.61. The predicted molar refractivity (Wildman–Crippen MR) is 116 cm³/mol. The molecule has 30 heavy (non-hydrogen) atoms. The summed E-state index contributed by atoms with van der Waals surface area (Å²) >= 11 is 6.09. The Hall–Kier alpha value is -3.19. The number of aromatic nitrogens is 1. The van der Waals surface area contributed by atoms with Gasteiger partial charge < -0.3 is 24.2 Å². The fourth-order valence-electron chi connectivity index (χ4n) is 3.92. The van der Waals surface area contributed by atoms with Crippen molar-refractivity contribution in [3.05, 3.63) is 59.2 Å². The van der Waals surface area contributed by atoms with Gasteiger partial charge in [0, 0.05) is 42.8 Å². The number of amides is 1. The summed E-state index contributed by atoms with van der Waals surface area (Å²) < 4.78 is 7.01. The molecule has 4 rings (SSSR count). The van der Waals surface area contributed by atoms with Crippen LogP contribution >= 0.6 is 11.6 Å². The van der Waals surface area contributed by atoms with Crippen LogP contribution in [0, 0.1) is 0 Å². The van der Waals surface area contributed by atoms with E-state index in [9.17, 15) is 14.7 Å². The van der Waals surface area contributed by atoms with Gasteiger partial charge >= 0.3 is 5.97 Å². The molecule has 1 aromatic heterocycles. The van der Waals surface area contributed by atoms with E-state index in [1.54, 1.807) is 41.0 Å². The highest BCUT2D eigenvalue weighted by Gasteiger charge is 2.26. The third-order valence-electron chi connectivity index (χ3n) is 5.37. The maximum Gasteiger partial charge on any atom is 0.323 e. The number of nitrogens with zero attached hydrogens (tertiary/aromatic N) is 3. The number of rotatable bonds is 5. The first-order valence-corrected chi connectivity index (χ1v) is 10.0. The summed E-state index contributed by atoms with van der Waals surface area (Å²) in [6.45, 7) is 2.27. The zero-order valence-electron chi connectivity index (χ0n) is 16.5. The number of carbonyl (C=O) groups excluding carboxylic acids is 1. The lowest BCUT2D eigenvalue weighted by Gasteiger charge is -2.36. The maximum absolute atomic E-state index is 13.3. The molecule has 0 radical (unpaired) electrons. The van der Waals surface area contributed by atoms with Crippen molar-refractivity contribution in [1.29, 1.82) is 0 Å². The Bertz CT molecular complexity index is 1100. The van der Waals surface area contributed by atoms with Crippen molar-refractivity contribution in [2.45, 2.75) is 6.54 Å². The highest BCUT2D eigenvalue weighted by Crippen LogP contribution is 2.30. The minimum Gasteiger partial charge on any atom is -0.495 e. The Labute approximate surface area is 179 Å². The standard InChI is InChI=1S/C22H22ClN3O4/c1-30-20-5-3-2-4-18(20)24-8-10-25(11-9-24)22(29)17-13-26(14-21(27)28)19-12-15(23)6-7-16(17)19/h2-7,12-13H,8-11,14H2,1H3,(H,27,28). The molecule has 0 aliphatic carbocycles. The molecule has 0 atom stereocenters. The molecule has 1 fully saturated rings. The number of piperazine rings is 1. The van der Waals surface area contributed by atoms with Crippen LogP contribution in [-0.2, 0) is 11.3 Å². The van der Waals surface area contributed by atoms with Crippen molar-refractivity contribution in [2.75, 3.05) is 38.2 Å². The van der Waals surface area contributed by atoms with Crippen LogP contribution in [0.1, 0.15) is 10.4 Å². The fourth-order valence-corrected chi connectivity index (χ4v) is 4.09. The number of methoxy groups -OCH3 is 1. The van der Waals surface area contributed by atoms with Gasteiger partial charge in [0.2, 0.25) is 0 Å². The molecule has 0 saturated carbocycles. The number of carboxylic acids is 1. The van der Waals surface area contributed by atoms with Gasteiger partial charge in [-0.15, -0.1) is 0 Å². The van der Waals surface area contributed by atoms with E-state index in [4.69, 9.17) is 16.3 Å². The number of hydrogen-bond acceptors (Lipinski definition) is 4. The van der Waals surface area contributed by atoms with Crippen LogP contribution < -0.4 is 9.64 Å². The molecule has 1 aliphatic rings. The molecule has 8 heteroatoms. The summed E-state index contributed by atoms with van der Waals surface area (Å²) in [5.74, 6) is -0.270. The summed E-state index contributed by atoms with van der Waals surface area (Å²) in [4.78, 5) is 28.5. The lowest BCUT2D eigenvalue weighted by Crippen LogP contribution is -2.48. The number of anilines is 1. The second kappa shape index (κ2) is 8.28. The zero-order chi connectivity index (χ0) is 21.3. The molecular formula is C22H22ClN3O4. The van der Waals surface area contributed by atoms with Crippen LogP contribution in [0.4, 0.5) is 5.69 Å². The number of carboxylic acid groups (broad SMARTS) is 1. The van der Waals surface area contributed by atoms with Crippen LogP contribution in [-0.4, -0.2) is 59.7 Å². The number of hydrogen-bond donors (Lipinski definition) is 1. The Morgan fingerprint density at radius 2 is 1.83 bits per heavy atom. The van der Waals surface area contributed by atoms with Crippen molar-refractivity contribution < 1.29 is 19.4 Å². The first-order chi connectivity index (χ1) is 14.5. The number of carbonyl (C=O) groups is 2. The largest absolute Gasteiger partial charge is 0.495 e. The van der Waals surface area contributed by atoms with Gasteiger partial charge in [0.1, 0.15) is 12.3 Å². The molecule has 0 spiro atoms. The van der Waals surface area contributed by atoms with E-state index in [1.807, 2.05) is 24.3 Å². The number of para-hydroxylation sites is 2. The summed E-state index contributed by atoms with van der Waals surface area (Å²) in [6.07, 6.45) is 1.62. The van der Waals surface area contributed by atoms with Crippen molar-refractivity contribution in [3.63, 3.8) is 0 Å². The summed E-state index contributed by atoms with van der Waals surface area (Å²) in [6, 6.07) is 13.0. The predicted octanol–water partition coefficient (Wildman–Crippen LogP) is 3.35. The van der Waals surface area contributed by atoms with Crippen LogP contribution in [0.25, 0.3) is 10.9 Å². The van der Waals surface area contributed by atoms with Gasteiger partial charge in [0.05, 0.1) is 23.9 Å². The van der Waals surface area contributed by atoms with Crippen LogP contribution in [0.15, 0.2) is 48.7 Å². The average Bonchev–Trinajstić information content (AvgIpc) is 3.10. The minimum absolute atomic E-state index is 0.105. The molecule has 0 bridgehead atoms. The smallest absolute Gasteiger partial charge is 0.323 e. The van der Waals surface area contributed by atoms with Gasteiger partial charge in [0.15, 0.2) is 0 Å². The van der Waals surface area contributed by atoms with E-state index in [-0.39, 0.29) is 12.5 Å². The monoisotopic (exact) mass is 427 g/mol. The van der Waals surface area contributed by atoms with Crippen molar-refractivity contribution in [2.24, 2.45) is 0 Å². The average molecular weight is 428 g/mol. The highest BCUT2D eigenvalue weighted by molar-refractivity contribution is 6.31. The van der Waals surface area contributed by atoms with Crippen molar-refractivity contribution >= 4 is 40.1 Å². The van der Waals surface area contributed by atoms with Gasteiger partial charge in [-0.2, -0.15) is 0 Å². The number of halogens is 1. The summed E-state index contributed by atoms with van der Waals surface area (Å²) in [7, 11) is 1.65. The van der Waals surface area contributed by atoms with Crippen molar-refractivity contribution in [3.8, 4) is 5.75 Å². The maximum atomic E-state index is 13.3. The van der Waals surface area contributed by atoms with Crippen molar-refractivity contribution in [1.82, 2.24) is 9.47 Å². The van der Waals surface area contributed by atoms with Gasteiger partial charge in [-0.1, -0.05) is 29.8 Å². The molecule has 1 N–H and O–H groups in total. The lowest BCUT2D eigenvalue weighted by molar-refractivity contribution is -0.137. The van der Waals surface area contributed by atoms with Gasteiger partial charge in [0.25, 0.3) is 5.91 Å². The SMILES string of the molecule is COc1ccccc1N1CCN(C(=O)c2cn(CC(=O)O)c3cc(Cl)ccc23)CC1. The minimum atomic E-state index is -0.976. The molecule has 7 nitrogen and oxygen atoms in total. The molecule has 1 saturated heterocycles. The molecule has 1 amide bonds. The van der Waals surface area contributed by atoms with Crippen LogP contribution in [0.2, 0.25) is 5.02 Å². The second-order valence-electron chi connectivity index (χ2n) is 7.18. The molecule has 1 aliphatic heterocycles. The van der Waals surface area contributed by atoms with E-state index < -0.39 is 5.97 Å². The fraction of sp³-hybridized carbons (Fsp3) is 0.273. The molecule has 0 unspecified atom stereocenters. The van der Waals surface area contributed by atoms with Crippen LogP contribution in [0.3, 0.4) is 0 Å². The van der Waals surface area contributed by atoms with E-state index in [1.165, 1.54) is 0 Å². The van der Waals surface area contributed by atoms with Gasteiger partial charge in [-0.05, 0) is 24.3 Å². The summed E-state index contributed by atoms with van der Waals surface area (Å²) in [5.41, 5.74) is 2.15. The zero-order valence-corrected chi connectivity index (χ0v) is 17.3. The molecule has 3 aromatic rings. The van der Waals surface area contributed by atoms with E-state index in [0.717, 1.165) is 11.4 Å². The van der Waals surface area contributed by atoms with Gasteiger partial charge in [-0.25, -0.2) is 0 Å². The second-order valence-corrected chi connectivity index (χ2v) is 7.61. The molecule has 2 heterocycles. The van der Waals surface area contributed by atoms with E-state index >= 15 is 0 Å². The number of ether oxygens (including phenoxy) is 1. The van der Waals surface area contributed by atoms with E-state index in [2.05, 4.69) is 4.90 Å². The summed E-state index contributed by atoms with van der Waals surface area (Å²) in [5, 5.41) is 10.4. The van der Waals surface area contributed by atoms with E-state index in [0.29, 0.717) is 47.7 Å². The highest BCUT2D eigenvalue weighted by atomic mass is 35.5. The third kappa shape index (κ3) is 3.80. The first-order valence-electron chi connectivity index (χ1n) is 9.65. The topological polar surface area (TPSA) is 75.0 Å². The lowest BCUT2D eigenvalue weighted by atomic mass is 10.1. The first kappa shape index (κ1) is 20.1.